The van der Waals surface area contributed by atoms with E-state index in [-0.39, 0.29) is 11.7 Å². The van der Waals surface area contributed by atoms with Gasteiger partial charge in [-0.05, 0) is 48.7 Å². The largest absolute Gasteiger partial charge is 0.387 e. The third-order valence-electron chi connectivity index (χ3n) is 9.12. The number of benzene rings is 2. The molecular weight excluding hydrogens is 610 g/mol. The van der Waals surface area contributed by atoms with Crippen LogP contribution in [0.3, 0.4) is 0 Å². The Hall–Kier alpha value is -4.50. The van der Waals surface area contributed by atoms with Crippen molar-refractivity contribution in [2.75, 3.05) is 43.4 Å². The number of rotatable bonds is 13. The van der Waals surface area contributed by atoms with Gasteiger partial charge in [0.05, 0.1) is 12.9 Å². The molecule has 2 aliphatic heterocycles. The molecule has 5 heterocycles. The molecule has 2 aromatic carbocycles. The summed E-state index contributed by atoms with van der Waals surface area (Å²) in [5, 5.41) is 41.7. The van der Waals surface area contributed by atoms with Crippen LogP contribution in [-0.2, 0) is 11.3 Å². The second-order valence-corrected chi connectivity index (χ2v) is 12.5. The van der Waals surface area contributed by atoms with Gasteiger partial charge in [-0.25, -0.2) is 4.98 Å². The van der Waals surface area contributed by atoms with Gasteiger partial charge < -0.3 is 30.5 Å². The molecule has 3 aromatic heterocycles. The van der Waals surface area contributed by atoms with Gasteiger partial charge in [0.2, 0.25) is 11.8 Å². The predicted octanol–water partition coefficient (Wildman–Crippen LogP) is 3.36. The summed E-state index contributed by atoms with van der Waals surface area (Å²) in [6.07, 6.45) is 1.62. The smallest absolute Gasteiger partial charge is 0.226 e. The number of aliphatic hydroxyl groups excluding tert-OH is 2. The number of likely N-dealkylation sites (tertiary alicyclic amines) is 1. The van der Waals surface area contributed by atoms with Crippen LogP contribution < -0.4 is 10.6 Å². The van der Waals surface area contributed by atoms with E-state index < -0.39 is 24.5 Å². The van der Waals surface area contributed by atoms with Crippen molar-refractivity contribution in [2.24, 2.45) is 0 Å². The van der Waals surface area contributed by atoms with E-state index in [2.05, 4.69) is 84.5 Å². The first-order valence-electron chi connectivity index (χ1n) is 16.9. The first kappa shape index (κ1) is 32.1. The molecule has 0 radical (unpaired) electrons. The van der Waals surface area contributed by atoms with E-state index in [1.807, 2.05) is 19.1 Å². The molecular formula is C34H43N11O3. The number of aliphatic hydroxyl groups is 2. The number of anilines is 2. The van der Waals surface area contributed by atoms with E-state index in [9.17, 15) is 10.2 Å². The Balaban J connectivity index is 1.19. The standard InChI is InChI=1S/C34H43N11O3/c1-2-17-45-41-31(40-42-45)29-27(46)28(47)33(48-29)44-22-37-26-30(38-34(39-32(26)44)35-16-20-43-18-10-5-11-19-43)36-21-25(23-12-6-3-7-13-23)24-14-8-4-9-15-24/h3-4,6-9,12-15,22,25,27-29,33,46-47H,2,5,10-11,16-21H2,1H3,(H2,35,36,38,39)/t27-,28+,29+,33+/m0/s1. The number of aryl methyl sites for hydroxylation is 1. The monoisotopic (exact) mass is 653 g/mol. The van der Waals surface area contributed by atoms with Crippen molar-refractivity contribution in [3.63, 3.8) is 0 Å². The molecule has 4 N–H and O–H groups in total. The summed E-state index contributed by atoms with van der Waals surface area (Å²) in [4.78, 5) is 18.3. The molecule has 0 bridgehead atoms. The van der Waals surface area contributed by atoms with Crippen molar-refractivity contribution < 1.29 is 14.9 Å². The summed E-state index contributed by atoms with van der Waals surface area (Å²) in [6, 6.07) is 20.8. The van der Waals surface area contributed by atoms with Gasteiger partial charge in [-0.1, -0.05) is 74.0 Å². The number of tetrazole rings is 1. The van der Waals surface area contributed by atoms with Gasteiger partial charge in [-0.3, -0.25) is 4.57 Å². The molecule has 2 aliphatic rings. The van der Waals surface area contributed by atoms with Crippen molar-refractivity contribution in [1.82, 2.24) is 44.6 Å². The van der Waals surface area contributed by atoms with Crippen LogP contribution in [0.4, 0.5) is 11.8 Å². The first-order valence-corrected chi connectivity index (χ1v) is 16.9. The molecule has 0 spiro atoms. The lowest BCUT2D eigenvalue weighted by Gasteiger charge is -2.26. The van der Waals surface area contributed by atoms with E-state index in [1.54, 1.807) is 10.9 Å². The average Bonchev–Trinajstić information content (AvgIpc) is 3.84. The number of imidazole rings is 1. The molecule has 0 aliphatic carbocycles. The molecule has 48 heavy (non-hydrogen) atoms. The zero-order valence-electron chi connectivity index (χ0n) is 27.1. The third kappa shape index (κ3) is 6.88. The summed E-state index contributed by atoms with van der Waals surface area (Å²) < 4.78 is 7.85. The summed E-state index contributed by atoms with van der Waals surface area (Å²) in [5.41, 5.74) is 3.35. The second kappa shape index (κ2) is 14.7. The Labute approximate surface area is 279 Å². The van der Waals surface area contributed by atoms with Crippen LogP contribution >= 0.6 is 0 Å². The topological polar surface area (TPSA) is 164 Å². The van der Waals surface area contributed by atoms with Gasteiger partial charge in [-0.15, -0.1) is 10.2 Å². The van der Waals surface area contributed by atoms with E-state index >= 15 is 0 Å². The minimum atomic E-state index is -1.28. The second-order valence-electron chi connectivity index (χ2n) is 12.5. The van der Waals surface area contributed by atoms with Crippen LogP contribution in [0.1, 0.15) is 67.8 Å². The highest BCUT2D eigenvalue weighted by Crippen LogP contribution is 2.39. The molecule has 2 fully saturated rings. The maximum absolute atomic E-state index is 11.2. The van der Waals surface area contributed by atoms with Gasteiger partial charge in [0, 0.05) is 25.6 Å². The van der Waals surface area contributed by atoms with Crippen LogP contribution in [-0.4, -0.2) is 99.8 Å². The van der Waals surface area contributed by atoms with Crippen LogP contribution in [0.25, 0.3) is 11.2 Å². The minimum Gasteiger partial charge on any atom is -0.387 e. The molecule has 2 saturated heterocycles. The van der Waals surface area contributed by atoms with E-state index in [1.165, 1.54) is 35.2 Å². The SMILES string of the molecule is CCCn1nnc([C@@H]2O[C@@H](n3cnc4c(NCC(c5ccccc5)c5ccccc5)nc(NCCN5CCCCC5)nc43)[C@H](O)[C@@H]2O)n1. The Kier molecular flexibility index (Phi) is 9.84. The number of aromatic nitrogens is 8. The van der Waals surface area contributed by atoms with Crippen molar-refractivity contribution in [1.29, 1.82) is 0 Å². The fourth-order valence-electron chi connectivity index (χ4n) is 6.58. The quantitative estimate of drug-likeness (QED) is 0.147. The molecule has 14 heteroatoms. The average molecular weight is 654 g/mol. The highest BCUT2D eigenvalue weighted by molar-refractivity contribution is 5.84. The third-order valence-corrected chi connectivity index (χ3v) is 9.12. The molecule has 0 saturated carbocycles. The maximum atomic E-state index is 11.2. The Morgan fingerprint density at radius 3 is 2.33 bits per heavy atom. The van der Waals surface area contributed by atoms with Crippen molar-refractivity contribution in [3.8, 4) is 0 Å². The normalized spacial score (nSPS) is 21.7. The van der Waals surface area contributed by atoms with Gasteiger partial charge in [-0.2, -0.15) is 14.8 Å². The van der Waals surface area contributed by atoms with Gasteiger partial charge >= 0.3 is 0 Å². The number of hydrogen-bond donors (Lipinski definition) is 4. The summed E-state index contributed by atoms with van der Waals surface area (Å²) in [5.74, 6) is 1.27. The summed E-state index contributed by atoms with van der Waals surface area (Å²) in [7, 11) is 0. The lowest BCUT2D eigenvalue weighted by atomic mass is 9.91. The zero-order chi connectivity index (χ0) is 32.9. The first-order chi connectivity index (χ1) is 23.6. The fraction of sp³-hybridized carbons (Fsp3) is 0.471. The maximum Gasteiger partial charge on any atom is 0.226 e. The Morgan fingerprint density at radius 2 is 1.62 bits per heavy atom. The molecule has 5 aromatic rings. The number of fused-ring (bicyclic) bond motifs is 1. The fourth-order valence-corrected chi connectivity index (χ4v) is 6.58. The number of hydrogen-bond acceptors (Lipinski definition) is 12. The Bertz CT molecular complexity index is 1720. The molecule has 7 rings (SSSR count). The Morgan fingerprint density at radius 1 is 0.896 bits per heavy atom. The highest BCUT2D eigenvalue weighted by atomic mass is 16.6. The van der Waals surface area contributed by atoms with Crippen LogP contribution in [0, 0.1) is 0 Å². The van der Waals surface area contributed by atoms with Crippen molar-refractivity contribution in [3.05, 3.63) is 83.9 Å². The molecule has 0 amide bonds. The predicted molar refractivity (Wildman–Crippen MR) is 180 cm³/mol. The van der Waals surface area contributed by atoms with E-state index in [0.717, 1.165) is 26.1 Å². The van der Waals surface area contributed by atoms with Gasteiger partial charge in [0.1, 0.15) is 12.2 Å². The molecule has 4 atom stereocenters. The summed E-state index contributed by atoms with van der Waals surface area (Å²) in [6.45, 7) is 6.92. The van der Waals surface area contributed by atoms with Crippen LogP contribution in [0.5, 0.6) is 0 Å². The number of piperidine rings is 1. The zero-order valence-corrected chi connectivity index (χ0v) is 27.1. The van der Waals surface area contributed by atoms with Crippen molar-refractivity contribution >= 4 is 22.9 Å². The highest BCUT2D eigenvalue weighted by Gasteiger charge is 2.47. The van der Waals surface area contributed by atoms with Crippen LogP contribution in [0.15, 0.2) is 67.0 Å². The lowest BCUT2D eigenvalue weighted by molar-refractivity contribution is -0.0384. The number of nitrogens with one attached hydrogen (secondary N) is 2. The number of ether oxygens (including phenoxy) is 1. The molecule has 0 unspecified atom stereocenters. The molecule has 14 nitrogen and oxygen atoms in total. The summed E-state index contributed by atoms with van der Waals surface area (Å²) >= 11 is 0. The minimum absolute atomic E-state index is 0.0551. The van der Waals surface area contributed by atoms with Gasteiger partial charge in [0.25, 0.3) is 0 Å². The molecule has 252 valence electrons. The van der Waals surface area contributed by atoms with Crippen LogP contribution in [0.2, 0.25) is 0 Å². The van der Waals surface area contributed by atoms with E-state index in [0.29, 0.717) is 42.6 Å². The number of nitrogens with zero attached hydrogens (tertiary/aromatic N) is 9. The van der Waals surface area contributed by atoms with Gasteiger partial charge in [0.15, 0.2) is 29.3 Å². The van der Waals surface area contributed by atoms with E-state index in [4.69, 9.17) is 14.7 Å². The lowest BCUT2D eigenvalue weighted by Crippen LogP contribution is -2.34. The van der Waals surface area contributed by atoms with Crippen molar-refractivity contribution in [2.45, 2.75) is 69.6 Å².